The van der Waals surface area contributed by atoms with Gasteiger partial charge < -0.3 is 15.4 Å². The Bertz CT molecular complexity index is 598. The molecule has 110 valence electrons. The highest BCUT2D eigenvalue weighted by Gasteiger charge is 2.15. The van der Waals surface area contributed by atoms with Crippen LogP contribution in [0.4, 0.5) is 5.69 Å². The van der Waals surface area contributed by atoms with Crippen LogP contribution in [-0.4, -0.2) is 39.5 Å². The Hall–Kier alpha value is -1.60. The van der Waals surface area contributed by atoms with Crippen LogP contribution in [0, 0.1) is 0 Å². The van der Waals surface area contributed by atoms with E-state index in [-0.39, 0.29) is 18.3 Å². The van der Waals surface area contributed by atoms with Crippen molar-refractivity contribution in [1.29, 1.82) is 0 Å². The zero-order valence-electron chi connectivity index (χ0n) is 11.3. The van der Waals surface area contributed by atoms with Crippen LogP contribution in [0.1, 0.15) is 12.0 Å². The second-order valence-electron chi connectivity index (χ2n) is 4.83. The number of benzene rings is 1. The van der Waals surface area contributed by atoms with Gasteiger partial charge in [0.15, 0.2) is 6.61 Å². The highest BCUT2D eigenvalue weighted by molar-refractivity contribution is 7.90. The molecule has 0 unspecified atom stereocenters. The van der Waals surface area contributed by atoms with Crippen LogP contribution in [0.5, 0.6) is 5.75 Å². The number of nitrogens with one attached hydrogen (secondary N) is 2. The first-order chi connectivity index (χ1) is 9.44. The Balaban J connectivity index is 1.82. The summed E-state index contributed by atoms with van der Waals surface area (Å²) in [4.78, 5) is 11.2. The van der Waals surface area contributed by atoms with Crippen LogP contribution in [0.25, 0.3) is 0 Å². The average Bonchev–Trinajstić information content (AvgIpc) is 2.36. The number of carbonyl (C=O) groups excluding carboxylic acids is 1. The lowest BCUT2D eigenvalue weighted by atomic mass is 10.1. The third-order valence-corrected chi connectivity index (χ3v) is 3.90. The summed E-state index contributed by atoms with van der Waals surface area (Å²) < 4.78 is 27.2. The van der Waals surface area contributed by atoms with Crippen molar-refractivity contribution >= 4 is 21.4 Å². The van der Waals surface area contributed by atoms with Gasteiger partial charge >= 0.3 is 0 Å². The summed E-state index contributed by atoms with van der Waals surface area (Å²) in [7, 11) is -2.89. The highest BCUT2D eigenvalue weighted by Crippen LogP contribution is 2.28. The zero-order valence-corrected chi connectivity index (χ0v) is 12.1. The molecular formula is C13H18N2O4S. The van der Waals surface area contributed by atoms with Gasteiger partial charge in [0, 0.05) is 12.8 Å². The molecule has 0 atom stereocenters. The molecule has 0 spiro atoms. The minimum atomic E-state index is -2.89. The SMILES string of the molecule is CS(=O)(=O)CCCNCc1ccc2c(c1)NC(=O)CO2. The van der Waals surface area contributed by atoms with Crippen molar-refractivity contribution in [2.24, 2.45) is 0 Å². The summed E-state index contributed by atoms with van der Waals surface area (Å²) in [6, 6.07) is 5.60. The third-order valence-electron chi connectivity index (χ3n) is 2.87. The number of sulfone groups is 1. The molecule has 1 aromatic rings. The molecule has 0 aliphatic carbocycles. The van der Waals surface area contributed by atoms with Gasteiger partial charge in [-0.2, -0.15) is 0 Å². The van der Waals surface area contributed by atoms with Gasteiger partial charge in [0.1, 0.15) is 15.6 Å². The van der Waals surface area contributed by atoms with E-state index in [1.165, 1.54) is 6.26 Å². The Morgan fingerprint density at radius 3 is 2.95 bits per heavy atom. The van der Waals surface area contributed by atoms with Gasteiger partial charge in [0.2, 0.25) is 0 Å². The molecule has 0 aromatic heterocycles. The highest BCUT2D eigenvalue weighted by atomic mass is 32.2. The summed E-state index contributed by atoms with van der Waals surface area (Å²) in [5, 5.41) is 5.93. The summed E-state index contributed by atoms with van der Waals surface area (Å²) in [6.45, 7) is 1.30. The van der Waals surface area contributed by atoms with Gasteiger partial charge in [-0.25, -0.2) is 8.42 Å². The minimum absolute atomic E-state index is 0.0517. The van der Waals surface area contributed by atoms with E-state index in [1.807, 2.05) is 18.2 Å². The van der Waals surface area contributed by atoms with E-state index in [9.17, 15) is 13.2 Å². The number of fused-ring (bicyclic) bond motifs is 1. The van der Waals surface area contributed by atoms with E-state index < -0.39 is 9.84 Å². The Morgan fingerprint density at radius 1 is 1.40 bits per heavy atom. The normalized spacial score (nSPS) is 14.3. The quantitative estimate of drug-likeness (QED) is 0.749. The van der Waals surface area contributed by atoms with Crippen molar-refractivity contribution in [2.45, 2.75) is 13.0 Å². The number of anilines is 1. The predicted octanol–water partition coefficient (Wildman–Crippen LogP) is 0.542. The van der Waals surface area contributed by atoms with Gasteiger partial charge in [-0.3, -0.25) is 4.79 Å². The number of hydrogen-bond donors (Lipinski definition) is 2. The summed E-state index contributed by atoms with van der Waals surface area (Å²) in [5.41, 5.74) is 1.69. The molecule has 1 aliphatic rings. The average molecular weight is 298 g/mol. The molecule has 0 fully saturated rings. The second kappa shape index (κ2) is 6.23. The first kappa shape index (κ1) is 14.8. The van der Waals surface area contributed by atoms with Crippen LogP contribution in [0.2, 0.25) is 0 Å². The fourth-order valence-electron chi connectivity index (χ4n) is 1.93. The smallest absolute Gasteiger partial charge is 0.262 e. The van der Waals surface area contributed by atoms with E-state index in [1.54, 1.807) is 0 Å². The van der Waals surface area contributed by atoms with Gasteiger partial charge in [0.25, 0.3) is 5.91 Å². The van der Waals surface area contributed by atoms with Crippen molar-refractivity contribution < 1.29 is 17.9 Å². The summed E-state index contributed by atoms with van der Waals surface area (Å²) in [6.07, 6.45) is 1.82. The Morgan fingerprint density at radius 2 is 2.20 bits per heavy atom. The van der Waals surface area contributed by atoms with Crippen LogP contribution < -0.4 is 15.4 Å². The van der Waals surface area contributed by atoms with E-state index in [0.717, 1.165) is 5.56 Å². The molecule has 1 amide bonds. The second-order valence-corrected chi connectivity index (χ2v) is 7.09. The number of hydrogen-bond acceptors (Lipinski definition) is 5. The first-order valence-corrected chi connectivity index (χ1v) is 8.44. The maximum absolute atomic E-state index is 11.2. The third kappa shape index (κ3) is 4.50. The standard InChI is InChI=1S/C13H18N2O4S/c1-20(17,18)6-2-5-14-8-10-3-4-12-11(7-10)15-13(16)9-19-12/h3-4,7,14H,2,5-6,8-9H2,1H3,(H,15,16). The molecule has 2 rings (SSSR count). The molecule has 20 heavy (non-hydrogen) atoms. The fraction of sp³-hybridized carbons (Fsp3) is 0.462. The number of carbonyl (C=O) groups is 1. The molecule has 1 heterocycles. The molecular weight excluding hydrogens is 280 g/mol. The van der Waals surface area contributed by atoms with E-state index in [2.05, 4.69) is 10.6 Å². The maximum Gasteiger partial charge on any atom is 0.262 e. The maximum atomic E-state index is 11.2. The Kier molecular flexibility index (Phi) is 4.61. The van der Waals surface area contributed by atoms with Gasteiger partial charge in [0.05, 0.1) is 11.4 Å². The van der Waals surface area contributed by atoms with Crippen molar-refractivity contribution in [2.75, 3.05) is 30.5 Å². The molecule has 0 saturated heterocycles. The molecule has 1 aromatic carbocycles. The zero-order chi connectivity index (χ0) is 14.6. The lowest BCUT2D eigenvalue weighted by Gasteiger charge is -2.18. The monoisotopic (exact) mass is 298 g/mol. The molecule has 1 aliphatic heterocycles. The summed E-state index contributed by atoms with van der Waals surface area (Å²) >= 11 is 0. The van der Waals surface area contributed by atoms with Crippen molar-refractivity contribution in [3.05, 3.63) is 23.8 Å². The van der Waals surface area contributed by atoms with Gasteiger partial charge in [-0.1, -0.05) is 6.07 Å². The van der Waals surface area contributed by atoms with Crippen LogP contribution in [0.15, 0.2) is 18.2 Å². The van der Waals surface area contributed by atoms with Crippen LogP contribution >= 0.6 is 0 Å². The van der Waals surface area contributed by atoms with Crippen molar-refractivity contribution in [3.63, 3.8) is 0 Å². The molecule has 7 heteroatoms. The molecule has 6 nitrogen and oxygen atoms in total. The number of rotatable bonds is 6. The first-order valence-electron chi connectivity index (χ1n) is 6.38. The van der Waals surface area contributed by atoms with E-state index in [0.29, 0.717) is 30.9 Å². The van der Waals surface area contributed by atoms with Crippen LogP contribution in [0.3, 0.4) is 0 Å². The predicted molar refractivity (Wildman–Crippen MR) is 76.6 cm³/mol. The number of ether oxygens (including phenoxy) is 1. The molecule has 0 bridgehead atoms. The van der Waals surface area contributed by atoms with E-state index >= 15 is 0 Å². The van der Waals surface area contributed by atoms with Crippen molar-refractivity contribution in [1.82, 2.24) is 5.32 Å². The minimum Gasteiger partial charge on any atom is -0.482 e. The van der Waals surface area contributed by atoms with Gasteiger partial charge in [-0.05, 0) is 30.7 Å². The molecule has 0 radical (unpaired) electrons. The topological polar surface area (TPSA) is 84.5 Å². The lowest BCUT2D eigenvalue weighted by molar-refractivity contribution is -0.118. The van der Waals surface area contributed by atoms with Gasteiger partial charge in [-0.15, -0.1) is 0 Å². The number of amides is 1. The largest absolute Gasteiger partial charge is 0.482 e. The fourth-order valence-corrected chi connectivity index (χ4v) is 2.60. The summed E-state index contributed by atoms with van der Waals surface area (Å²) in [5.74, 6) is 0.704. The Labute approximate surface area is 118 Å². The molecule has 0 saturated carbocycles. The van der Waals surface area contributed by atoms with Crippen molar-refractivity contribution in [3.8, 4) is 5.75 Å². The molecule has 2 N–H and O–H groups in total. The lowest BCUT2D eigenvalue weighted by Crippen LogP contribution is -2.25. The van der Waals surface area contributed by atoms with Crippen LogP contribution in [-0.2, 0) is 21.2 Å². The van der Waals surface area contributed by atoms with E-state index in [4.69, 9.17) is 4.74 Å².